The molecule has 2 heterocycles. The van der Waals surface area contributed by atoms with Gasteiger partial charge in [-0.05, 0) is 7.05 Å². The van der Waals surface area contributed by atoms with Crippen molar-refractivity contribution in [2.24, 2.45) is 7.05 Å². The molecule has 0 spiro atoms. The first kappa shape index (κ1) is 8.72. The van der Waals surface area contributed by atoms with E-state index in [0.717, 1.165) is 13.1 Å². The Bertz CT molecular complexity index is 281. The van der Waals surface area contributed by atoms with Gasteiger partial charge in [0.1, 0.15) is 5.82 Å². The van der Waals surface area contributed by atoms with Crippen molar-refractivity contribution >= 4 is 0 Å². The molecule has 1 fully saturated rings. The van der Waals surface area contributed by atoms with Crippen molar-refractivity contribution in [2.45, 2.75) is 12.0 Å². The first-order valence-electron chi connectivity index (χ1n) is 4.68. The van der Waals surface area contributed by atoms with E-state index in [2.05, 4.69) is 20.2 Å². The maximum atomic E-state index is 4.38. The lowest BCUT2D eigenvalue weighted by Gasteiger charge is -2.17. The number of hydrogen-bond donors (Lipinski definition) is 2. The van der Waals surface area contributed by atoms with E-state index in [4.69, 9.17) is 0 Å². The fraction of sp³-hybridized carbons (Fsp3) is 0.667. The van der Waals surface area contributed by atoms with Gasteiger partial charge < -0.3 is 15.2 Å². The third-order valence-electron chi connectivity index (χ3n) is 2.78. The van der Waals surface area contributed by atoms with Crippen LogP contribution in [-0.2, 0) is 7.05 Å². The van der Waals surface area contributed by atoms with Gasteiger partial charge in [0.25, 0.3) is 0 Å². The van der Waals surface area contributed by atoms with E-state index in [1.54, 1.807) is 0 Å². The van der Waals surface area contributed by atoms with Crippen LogP contribution in [0, 0.1) is 0 Å². The molecule has 0 radical (unpaired) electrons. The van der Waals surface area contributed by atoms with Gasteiger partial charge in [-0.25, -0.2) is 4.98 Å². The zero-order valence-corrected chi connectivity index (χ0v) is 8.12. The van der Waals surface area contributed by atoms with Crippen molar-refractivity contribution in [1.82, 2.24) is 20.2 Å². The van der Waals surface area contributed by atoms with Crippen molar-refractivity contribution in [1.29, 1.82) is 0 Å². The number of aromatic nitrogens is 2. The Morgan fingerprint density at radius 1 is 1.62 bits per heavy atom. The van der Waals surface area contributed by atoms with Crippen molar-refractivity contribution in [3.8, 4) is 0 Å². The van der Waals surface area contributed by atoms with Crippen LogP contribution >= 0.6 is 0 Å². The molecule has 1 aliphatic rings. The summed E-state index contributed by atoms with van der Waals surface area (Å²) in [6.45, 7) is 2.06. The predicted octanol–water partition coefficient (Wildman–Crippen LogP) is -0.305. The number of hydrogen-bond acceptors (Lipinski definition) is 3. The van der Waals surface area contributed by atoms with Crippen molar-refractivity contribution in [3.63, 3.8) is 0 Å². The first-order valence-corrected chi connectivity index (χ1v) is 4.68. The van der Waals surface area contributed by atoms with E-state index in [1.165, 1.54) is 5.82 Å². The highest BCUT2D eigenvalue weighted by Gasteiger charge is 2.29. The van der Waals surface area contributed by atoms with Crippen molar-refractivity contribution < 1.29 is 0 Å². The molecule has 4 heteroatoms. The molecule has 1 aromatic heterocycles. The highest BCUT2D eigenvalue weighted by atomic mass is 15.1. The van der Waals surface area contributed by atoms with Crippen LogP contribution in [-0.4, -0.2) is 35.7 Å². The minimum Gasteiger partial charge on any atom is -0.338 e. The van der Waals surface area contributed by atoms with Gasteiger partial charge in [-0.3, -0.25) is 0 Å². The molecule has 72 valence electrons. The van der Waals surface area contributed by atoms with Crippen LogP contribution in [0.25, 0.3) is 0 Å². The van der Waals surface area contributed by atoms with Gasteiger partial charge in [-0.15, -0.1) is 0 Å². The second-order valence-electron chi connectivity index (χ2n) is 3.56. The molecular formula is C9H16N4. The molecule has 1 aliphatic heterocycles. The van der Waals surface area contributed by atoms with Crippen LogP contribution in [0.3, 0.4) is 0 Å². The zero-order chi connectivity index (χ0) is 9.26. The summed E-state index contributed by atoms with van der Waals surface area (Å²) < 4.78 is 2.10. The lowest BCUT2D eigenvalue weighted by atomic mass is 10.0. The van der Waals surface area contributed by atoms with Crippen LogP contribution < -0.4 is 10.6 Å². The SMILES string of the molecule is CNC1CNCC1c1nccn1C. The van der Waals surface area contributed by atoms with Gasteiger partial charge in [0.2, 0.25) is 0 Å². The predicted molar refractivity (Wildman–Crippen MR) is 51.7 cm³/mol. The van der Waals surface area contributed by atoms with Crippen LogP contribution in [0.1, 0.15) is 11.7 Å². The Morgan fingerprint density at radius 3 is 3.08 bits per heavy atom. The normalized spacial score (nSPS) is 28.2. The summed E-state index contributed by atoms with van der Waals surface area (Å²) in [6, 6.07) is 0.515. The lowest BCUT2D eigenvalue weighted by Crippen LogP contribution is -2.32. The topological polar surface area (TPSA) is 41.9 Å². The molecule has 4 nitrogen and oxygen atoms in total. The number of nitrogens with zero attached hydrogens (tertiary/aromatic N) is 2. The second kappa shape index (κ2) is 3.47. The van der Waals surface area contributed by atoms with Gasteiger partial charge in [0, 0.05) is 44.5 Å². The Morgan fingerprint density at radius 2 is 2.46 bits per heavy atom. The minimum absolute atomic E-state index is 0.505. The summed E-state index contributed by atoms with van der Waals surface area (Å²) >= 11 is 0. The van der Waals surface area contributed by atoms with E-state index in [1.807, 2.05) is 26.5 Å². The maximum absolute atomic E-state index is 4.38. The van der Waals surface area contributed by atoms with Crippen LogP contribution in [0.5, 0.6) is 0 Å². The number of likely N-dealkylation sites (N-methyl/N-ethyl adjacent to an activating group) is 1. The van der Waals surface area contributed by atoms with Gasteiger partial charge in [0.05, 0.1) is 0 Å². The molecule has 0 amide bonds. The van der Waals surface area contributed by atoms with Gasteiger partial charge >= 0.3 is 0 Å². The smallest absolute Gasteiger partial charge is 0.114 e. The summed E-state index contributed by atoms with van der Waals surface area (Å²) in [4.78, 5) is 4.38. The highest BCUT2D eigenvalue weighted by molar-refractivity contribution is 5.08. The molecule has 1 aromatic rings. The molecule has 0 aromatic carbocycles. The third-order valence-corrected chi connectivity index (χ3v) is 2.78. The quantitative estimate of drug-likeness (QED) is 0.656. The van der Waals surface area contributed by atoms with E-state index in [0.29, 0.717) is 12.0 Å². The summed E-state index contributed by atoms with van der Waals surface area (Å²) in [6.07, 6.45) is 3.86. The number of nitrogens with one attached hydrogen (secondary N) is 2. The van der Waals surface area contributed by atoms with E-state index >= 15 is 0 Å². The number of rotatable bonds is 2. The standard InChI is InChI=1S/C9H16N4/c1-10-8-6-11-5-7(8)9-12-3-4-13(9)2/h3-4,7-8,10-11H,5-6H2,1-2H3. The zero-order valence-electron chi connectivity index (χ0n) is 8.12. The van der Waals surface area contributed by atoms with Crippen LogP contribution in [0.2, 0.25) is 0 Å². The van der Waals surface area contributed by atoms with Crippen molar-refractivity contribution in [2.75, 3.05) is 20.1 Å². The van der Waals surface area contributed by atoms with Gasteiger partial charge in [-0.1, -0.05) is 0 Å². The summed E-state index contributed by atoms with van der Waals surface area (Å²) in [7, 11) is 4.06. The molecule has 0 saturated carbocycles. The molecule has 2 rings (SSSR count). The summed E-state index contributed by atoms with van der Waals surface area (Å²) in [5.74, 6) is 1.68. The maximum Gasteiger partial charge on any atom is 0.114 e. The molecule has 2 N–H and O–H groups in total. The molecule has 0 bridgehead atoms. The number of imidazole rings is 1. The average Bonchev–Trinajstić information content (AvgIpc) is 2.71. The number of aryl methyl sites for hydroxylation is 1. The fourth-order valence-electron chi connectivity index (χ4n) is 1.99. The monoisotopic (exact) mass is 180 g/mol. The summed E-state index contributed by atoms with van der Waals surface area (Å²) in [5.41, 5.74) is 0. The minimum atomic E-state index is 0.505. The molecule has 2 atom stereocenters. The lowest BCUT2D eigenvalue weighted by molar-refractivity contribution is 0.521. The molecule has 2 unspecified atom stereocenters. The van der Waals surface area contributed by atoms with Crippen molar-refractivity contribution in [3.05, 3.63) is 18.2 Å². The Labute approximate surface area is 78.4 Å². The van der Waals surface area contributed by atoms with Gasteiger partial charge in [0.15, 0.2) is 0 Å². The molecule has 13 heavy (non-hydrogen) atoms. The molecule has 1 saturated heterocycles. The molecule has 0 aliphatic carbocycles. The largest absolute Gasteiger partial charge is 0.338 e. The van der Waals surface area contributed by atoms with Crippen LogP contribution in [0.4, 0.5) is 0 Å². The fourth-order valence-corrected chi connectivity index (χ4v) is 1.99. The third kappa shape index (κ3) is 1.47. The summed E-state index contributed by atoms with van der Waals surface area (Å²) in [5, 5.41) is 6.69. The Balaban J connectivity index is 2.20. The van der Waals surface area contributed by atoms with Crippen LogP contribution in [0.15, 0.2) is 12.4 Å². The van der Waals surface area contributed by atoms with E-state index < -0.39 is 0 Å². The first-order chi connectivity index (χ1) is 6.33. The average molecular weight is 180 g/mol. The molecular weight excluding hydrogens is 164 g/mol. The Kier molecular flexibility index (Phi) is 2.33. The highest BCUT2D eigenvalue weighted by Crippen LogP contribution is 2.20. The second-order valence-corrected chi connectivity index (χ2v) is 3.56. The van der Waals surface area contributed by atoms with E-state index in [9.17, 15) is 0 Å². The Hall–Kier alpha value is -0.870. The van der Waals surface area contributed by atoms with E-state index in [-0.39, 0.29) is 0 Å². The van der Waals surface area contributed by atoms with Gasteiger partial charge in [-0.2, -0.15) is 0 Å².